The molecule has 0 saturated heterocycles. The van der Waals surface area contributed by atoms with Crippen molar-refractivity contribution < 1.29 is 14.7 Å². The standard InChI is InChI=1S/C15H17N5O3/c21-13(22)9-15(6-1-2-7-15)17-14(23)11-4-3-5-12(8-11)20-10-16-18-19-20/h3-5,8,10H,1-2,6-7,9H2,(H,17,23)(H,21,22). The third-order valence-corrected chi connectivity index (χ3v) is 4.15. The minimum atomic E-state index is -0.894. The molecule has 0 aliphatic heterocycles. The summed E-state index contributed by atoms with van der Waals surface area (Å²) < 4.78 is 1.46. The van der Waals surface area contributed by atoms with E-state index in [1.807, 2.05) is 0 Å². The fourth-order valence-electron chi connectivity index (χ4n) is 3.07. The predicted molar refractivity (Wildman–Crippen MR) is 80.1 cm³/mol. The van der Waals surface area contributed by atoms with Crippen molar-refractivity contribution in [2.24, 2.45) is 0 Å². The summed E-state index contributed by atoms with van der Waals surface area (Å²) in [5.74, 6) is -1.17. The first-order valence-electron chi connectivity index (χ1n) is 7.46. The molecule has 120 valence electrons. The van der Waals surface area contributed by atoms with Crippen LogP contribution in [0.2, 0.25) is 0 Å². The molecule has 0 bridgehead atoms. The largest absolute Gasteiger partial charge is 0.481 e. The molecule has 1 aromatic carbocycles. The van der Waals surface area contributed by atoms with Gasteiger partial charge in [-0.1, -0.05) is 18.9 Å². The Balaban J connectivity index is 1.80. The molecule has 0 unspecified atom stereocenters. The van der Waals surface area contributed by atoms with Gasteiger partial charge in [0.25, 0.3) is 5.91 Å². The van der Waals surface area contributed by atoms with E-state index in [-0.39, 0.29) is 12.3 Å². The van der Waals surface area contributed by atoms with Crippen LogP contribution in [0.4, 0.5) is 0 Å². The van der Waals surface area contributed by atoms with Gasteiger partial charge < -0.3 is 10.4 Å². The van der Waals surface area contributed by atoms with Gasteiger partial charge in [-0.3, -0.25) is 9.59 Å². The zero-order chi connectivity index (χ0) is 16.3. The minimum Gasteiger partial charge on any atom is -0.481 e. The van der Waals surface area contributed by atoms with Gasteiger partial charge in [0.2, 0.25) is 0 Å². The number of amides is 1. The molecule has 1 aliphatic carbocycles. The SMILES string of the molecule is O=C(O)CC1(NC(=O)c2cccc(-n3cnnn3)c2)CCCC1. The highest BCUT2D eigenvalue weighted by molar-refractivity contribution is 5.95. The number of aliphatic carboxylic acids is 1. The zero-order valence-corrected chi connectivity index (χ0v) is 12.5. The Kier molecular flexibility index (Phi) is 4.05. The van der Waals surface area contributed by atoms with E-state index in [9.17, 15) is 9.59 Å². The number of rotatable bonds is 5. The molecule has 23 heavy (non-hydrogen) atoms. The van der Waals surface area contributed by atoms with Crippen molar-refractivity contribution in [3.05, 3.63) is 36.2 Å². The lowest BCUT2D eigenvalue weighted by Crippen LogP contribution is -2.47. The number of carbonyl (C=O) groups excluding carboxylic acids is 1. The molecular formula is C15H17N5O3. The van der Waals surface area contributed by atoms with Crippen molar-refractivity contribution in [3.8, 4) is 5.69 Å². The molecule has 2 N–H and O–H groups in total. The molecule has 0 atom stereocenters. The van der Waals surface area contributed by atoms with Crippen molar-refractivity contribution in [1.82, 2.24) is 25.5 Å². The molecule has 1 aliphatic rings. The van der Waals surface area contributed by atoms with Crippen LogP contribution in [-0.4, -0.2) is 42.7 Å². The van der Waals surface area contributed by atoms with Gasteiger partial charge in [0.05, 0.1) is 17.6 Å². The van der Waals surface area contributed by atoms with Crippen LogP contribution in [0, 0.1) is 0 Å². The molecule has 1 saturated carbocycles. The first kappa shape index (κ1) is 15.1. The van der Waals surface area contributed by atoms with Gasteiger partial charge in [-0.15, -0.1) is 5.10 Å². The number of carboxylic acid groups (broad SMARTS) is 1. The number of hydrogen-bond acceptors (Lipinski definition) is 5. The Hall–Kier alpha value is -2.77. The van der Waals surface area contributed by atoms with Crippen LogP contribution >= 0.6 is 0 Å². The van der Waals surface area contributed by atoms with Crippen LogP contribution in [0.15, 0.2) is 30.6 Å². The second kappa shape index (κ2) is 6.15. The minimum absolute atomic E-state index is 0.0502. The summed E-state index contributed by atoms with van der Waals surface area (Å²) in [6.45, 7) is 0. The number of nitrogens with one attached hydrogen (secondary N) is 1. The Labute approximate surface area is 132 Å². The van der Waals surface area contributed by atoms with E-state index in [1.165, 1.54) is 11.0 Å². The number of hydrogen-bond donors (Lipinski definition) is 2. The highest BCUT2D eigenvalue weighted by atomic mass is 16.4. The fourth-order valence-corrected chi connectivity index (χ4v) is 3.07. The fraction of sp³-hybridized carbons (Fsp3) is 0.400. The molecule has 0 radical (unpaired) electrons. The van der Waals surface area contributed by atoms with Gasteiger partial charge in [-0.2, -0.15) is 0 Å². The third-order valence-electron chi connectivity index (χ3n) is 4.15. The number of nitrogens with zero attached hydrogens (tertiary/aromatic N) is 4. The number of carboxylic acids is 1. The van der Waals surface area contributed by atoms with Crippen molar-refractivity contribution >= 4 is 11.9 Å². The Morgan fingerprint density at radius 2 is 2.09 bits per heavy atom. The maximum atomic E-state index is 12.5. The summed E-state index contributed by atoms with van der Waals surface area (Å²) in [7, 11) is 0. The van der Waals surface area contributed by atoms with Crippen molar-refractivity contribution in [2.45, 2.75) is 37.6 Å². The van der Waals surface area contributed by atoms with Crippen LogP contribution in [0.3, 0.4) is 0 Å². The average molecular weight is 315 g/mol. The summed E-state index contributed by atoms with van der Waals surface area (Å²) in [5, 5.41) is 23.0. The summed E-state index contributed by atoms with van der Waals surface area (Å²) in [6.07, 6.45) is 4.64. The molecule has 3 rings (SSSR count). The van der Waals surface area contributed by atoms with Gasteiger partial charge in [-0.25, -0.2) is 4.68 Å². The lowest BCUT2D eigenvalue weighted by Gasteiger charge is -2.28. The van der Waals surface area contributed by atoms with E-state index in [0.29, 0.717) is 24.1 Å². The van der Waals surface area contributed by atoms with E-state index >= 15 is 0 Å². The van der Waals surface area contributed by atoms with E-state index < -0.39 is 11.5 Å². The quantitative estimate of drug-likeness (QED) is 0.857. The maximum absolute atomic E-state index is 12.5. The highest BCUT2D eigenvalue weighted by Gasteiger charge is 2.37. The van der Waals surface area contributed by atoms with Crippen LogP contribution < -0.4 is 5.32 Å². The van der Waals surface area contributed by atoms with Crippen LogP contribution in [0.25, 0.3) is 5.69 Å². The monoisotopic (exact) mass is 315 g/mol. The molecule has 1 heterocycles. The molecule has 1 aromatic heterocycles. The zero-order valence-electron chi connectivity index (χ0n) is 12.5. The van der Waals surface area contributed by atoms with E-state index in [1.54, 1.807) is 24.3 Å². The lowest BCUT2D eigenvalue weighted by atomic mass is 9.92. The van der Waals surface area contributed by atoms with Gasteiger partial charge in [-0.05, 0) is 41.5 Å². The van der Waals surface area contributed by atoms with E-state index in [4.69, 9.17) is 5.11 Å². The first-order valence-corrected chi connectivity index (χ1v) is 7.46. The average Bonchev–Trinajstić information content (AvgIpc) is 3.19. The van der Waals surface area contributed by atoms with E-state index in [2.05, 4.69) is 20.8 Å². The van der Waals surface area contributed by atoms with Gasteiger partial charge >= 0.3 is 5.97 Å². The molecule has 8 nitrogen and oxygen atoms in total. The second-order valence-corrected chi connectivity index (χ2v) is 5.82. The number of tetrazole rings is 1. The summed E-state index contributed by atoms with van der Waals surface area (Å²) in [6, 6.07) is 6.89. The van der Waals surface area contributed by atoms with E-state index in [0.717, 1.165) is 12.8 Å². The van der Waals surface area contributed by atoms with Gasteiger partial charge in [0.15, 0.2) is 0 Å². The number of carbonyl (C=O) groups is 2. The van der Waals surface area contributed by atoms with Crippen LogP contribution in [0.1, 0.15) is 42.5 Å². The molecule has 2 aromatic rings. The summed E-state index contributed by atoms with van der Waals surface area (Å²) in [4.78, 5) is 23.7. The molecular weight excluding hydrogens is 298 g/mol. The first-order chi connectivity index (χ1) is 11.1. The van der Waals surface area contributed by atoms with Crippen molar-refractivity contribution in [1.29, 1.82) is 0 Å². The topological polar surface area (TPSA) is 110 Å². The third kappa shape index (κ3) is 3.36. The predicted octanol–water partition coefficient (Wildman–Crippen LogP) is 1.18. The highest BCUT2D eigenvalue weighted by Crippen LogP contribution is 2.33. The normalized spacial score (nSPS) is 16.2. The molecule has 0 spiro atoms. The smallest absolute Gasteiger partial charge is 0.305 e. The Morgan fingerprint density at radius 1 is 1.30 bits per heavy atom. The van der Waals surface area contributed by atoms with Crippen molar-refractivity contribution in [2.75, 3.05) is 0 Å². The second-order valence-electron chi connectivity index (χ2n) is 5.82. The number of aromatic nitrogens is 4. The summed E-state index contributed by atoms with van der Waals surface area (Å²) in [5.41, 5.74) is 0.476. The van der Waals surface area contributed by atoms with Crippen molar-refractivity contribution in [3.63, 3.8) is 0 Å². The Morgan fingerprint density at radius 3 is 2.74 bits per heavy atom. The molecule has 8 heteroatoms. The van der Waals surface area contributed by atoms with Crippen LogP contribution in [-0.2, 0) is 4.79 Å². The molecule has 1 amide bonds. The van der Waals surface area contributed by atoms with Crippen LogP contribution in [0.5, 0.6) is 0 Å². The lowest BCUT2D eigenvalue weighted by molar-refractivity contribution is -0.138. The van der Waals surface area contributed by atoms with Gasteiger partial charge in [0, 0.05) is 5.56 Å². The number of benzene rings is 1. The molecule has 1 fully saturated rings. The maximum Gasteiger partial charge on any atom is 0.305 e. The summed E-state index contributed by atoms with van der Waals surface area (Å²) >= 11 is 0. The van der Waals surface area contributed by atoms with Gasteiger partial charge in [0.1, 0.15) is 6.33 Å². The Bertz CT molecular complexity index is 708.